The van der Waals surface area contributed by atoms with Crippen LogP contribution in [-0.2, 0) is 19.7 Å². The van der Waals surface area contributed by atoms with Crippen molar-refractivity contribution in [2.75, 3.05) is 19.7 Å². The van der Waals surface area contributed by atoms with Crippen molar-refractivity contribution in [1.29, 1.82) is 0 Å². The van der Waals surface area contributed by atoms with Gasteiger partial charge in [0.05, 0.1) is 6.61 Å². The van der Waals surface area contributed by atoms with E-state index in [1.807, 2.05) is 32.6 Å². The molecule has 1 aliphatic carbocycles. The molecule has 1 aliphatic heterocycles. The van der Waals surface area contributed by atoms with E-state index >= 15 is 0 Å². The van der Waals surface area contributed by atoms with E-state index in [1.165, 1.54) is 11.1 Å². The standard InChI is InChI=1S/C23H33NO4/c1-5-27-20(25)11-10-17-16-23(19-9-7-6-8-18(17)19)12-14-24(15-13-23)21(26)28-22(2,3)4/h6-9,17H,5,10-16H2,1-4H3. The van der Waals surface area contributed by atoms with Crippen molar-refractivity contribution in [2.24, 2.45) is 0 Å². The summed E-state index contributed by atoms with van der Waals surface area (Å²) in [6.07, 6.45) is 4.01. The Balaban J connectivity index is 1.68. The number of rotatable bonds is 4. The van der Waals surface area contributed by atoms with E-state index in [-0.39, 0.29) is 17.5 Å². The van der Waals surface area contributed by atoms with E-state index in [9.17, 15) is 9.59 Å². The number of hydrogen-bond acceptors (Lipinski definition) is 4. The monoisotopic (exact) mass is 387 g/mol. The van der Waals surface area contributed by atoms with Crippen LogP contribution in [0, 0.1) is 0 Å². The van der Waals surface area contributed by atoms with Crippen LogP contribution in [0.3, 0.4) is 0 Å². The van der Waals surface area contributed by atoms with Gasteiger partial charge in [-0.3, -0.25) is 4.79 Å². The van der Waals surface area contributed by atoms with Crippen LogP contribution >= 0.6 is 0 Å². The van der Waals surface area contributed by atoms with Crippen molar-refractivity contribution < 1.29 is 19.1 Å². The molecule has 1 aromatic rings. The lowest BCUT2D eigenvalue weighted by Crippen LogP contribution is -2.46. The molecule has 28 heavy (non-hydrogen) atoms. The quantitative estimate of drug-likeness (QED) is 0.697. The topological polar surface area (TPSA) is 55.8 Å². The van der Waals surface area contributed by atoms with E-state index in [2.05, 4.69) is 24.3 Å². The highest BCUT2D eigenvalue weighted by molar-refractivity contribution is 5.69. The first kappa shape index (κ1) is 20.7. The molecule has 1 fully saturated rings. The maximum atomic E-state index is 12.4. The molecule has 1 heterocycles. The zero-order valence-corrected chi connectivity index (χ0v) is 17.6. The van der Waals surface area contributed by atoms with Crippen LogP contribution in [-0.4, -0.2) is 42.3 Å². The summed E-state index contributed by atoms with van der Waals surface area (Å²) in [4.78, 5) is 26.1. The number of nitrogens with zero attached hydrogens (tertiary/aromatic N) is 1. The normalized spacial score (nSPS) is 20.7. The van der Waals surface area contributed by atoms with Crippen molar-refractivity contribution in [1.82, 2.24) is 4.90 Å². The zero-order valence-electron chi connectivity index (χ0n) is 17.6. The summed E-state index contributed by atoms with van der Waals surface area (Å²) in [7, 11) is 0. The van der Waals surface area contributed by atoms with Crippen molar-refractivity contribution in [3.8, 4) is 0 Å². The predicted octanol–water partition coefficient (Wildman–Crippen LogP) is 4.79. The van der Waals surface area contributed by atoms with Crippen LogP contribution < -0.4 is 0 Å². The van der Waals surface area contributed by atoms with E-state index in [1.54, 1.807) is 0 Å². The zero-order chi connectivity index (χ0) is 20.4. The van der Waals surface area contributed by atoms with Gasteiger partial charge in [-0.15, -0.1) is 0 Å². The van der Waals surface area contributed by atoms with Crippen LogP contribution in [0.25, 0.3) is 0 Å². The molecule has 3 rings (SSSR count). The van der Waals surface area contributed by atoms with Crippen LogP contribution in [0.15, 0.2) is 24.3 Å². The minimum absolute atomic E-state index is 0.106. The Kier molecular flexibility index (Phi) is 6.01. The SMILES string of the molecule is CCOC(=O)CCC1CC2(CCN(C(=O)OC(C)(C)C)CC2)c2ccccc21. The van der Waals surface area contributed by atoms with E-state index in [0.717, 1.165) is 25.7 Å². The Morgan fingerprint density at radius 2 is 1.86 bits per heavy atom. The van der Waals surface area contributed by atoms with Gasteiger partial charge in [-0.05, 0) is 75.8 Å². The fourth-order valence-electron chi connectivity index (χ4n) is 4.73. The molecule has 0 N–H and O–H groups in total. The summed E-state index contributed by atoms with van der Waals surface area (Å²) >= 11 is 0. The van der Waals surface area contributed by atoms with Crippen molar-refractivity contribution >= 4 is 12.1 Å². The third-order valence-corrected chi connectivity index (χ3v) is 5.98. The van der Waals surface area contributed by atoms with Crippen molar-refractivity contribution in [3.63, 3.8) is 0 Å². The minimum atomic E-state index is -0.468. The number of carbonyl (C=O) groups excluding carboxylic acids is 2. The molecule has 0 radical (unpaired) electrons. The number of fused-ring (bicyclic) bond motifs is 2. The van der Waals surface area contributed by atoms with E-state index < -0.39 is 5.60 Å². The molecule has 154 valence electrons. The molecule has 2 aliphatic rings. The number of hydrogen-bond donors (Lipinski definition) is 0. The Labute approximate surface area is 168 Å². The Bertz CT molecular complexity index is 714. The van der Waals surface area contributed by atoms with E-state index in [0.29, 0.717) is 32.0 Å². The molecule has 5 heteroatoms. The first-order chi connectivity index (χ1) is 13.2. The molecular weight excluding hydrogens is 354 g/mol. The Morgan fingerprint density at radius 3 is 2.50 bits per heavy atom. The summed E-state index contributed by atoms with van der Waals surface area (Å²) in [6.45, 7) is 9.41. The fourth-order valence-corrected chi connectivity index (χ4v) is 4.73. The Hall–Kier alpha value is -2.04. The largest absolute Gasteiger partial charge is 0.466 e. The number of amides is 1. The molecule has 5 nitrogen and oxygen atoms in total. The lowest BCUT2D eigenvalue weighted by molar-refractivity contribution is -0.143. The maximum Gasteiger partial charge on any atom is 0.410 e. The highest BCUT2D eigenvalue weighted by Crippen LogP contribution is 2.53. The third-order valence-electron chi connectivity index (χ3n) is 5.98. The predicted molar refractivity (Wildman–Crippen MR) is 108 cm³/mol. The number of esters is 1. The van der Waals surface area contributed by atoms with E-state index in [4.69, 9.17) is 9.47 Å². The number of carbonyl (C=O) groups is 2. The lowest BCUT2D eigenvalue weighted by atomic mass is 9.73. The molecule has 1 spiro atoms. The molecule has 1 atom stereocenters. The molecule has 1 saturated heterocycles. The Morgan fingerprint density at radius 1 is 1.18 bits per heavy atom. The lowest BCUT2D eigenvalue weighted by Gasteiger charge is -2.40. The first-order valence-electron chi connectivity index (χ1n) is 10.5. The highest BCUT2D eigenvalue weighted by atomic mass is 16.6. The molecule has 0 saturated carbocycles. The first-order valence-corrected chi connectivity index (χ1v) is 10.5. The molecule has 0 aromatic heterocycles. The van der Waals surface area contributed by atoms with Gasteiger partial charge in [0.2, 0.25) is 0 Å². The van der Waals surface area contributed by atoms with Gasteiger partial charge in [-0.1, -0.05) is 24.3 Å². The third kappa shape index (κ3) is 4.50. The molecule has 1 aromatic carbocycles. The van der Waals surface area contributed by atoms with Gasteiger partial charge in [-0.25, -0.2) is 4.79 Å². The van der Waals surface area contributed by atoms with Crippen LogP contribution in [0.5, 0.6) is 0 Å². The number of benzene rings is 1. The second-order valence-electron chi connectivity index (χ2n) is 9.08. The smallest absolute Gasteiger partial charge is 0.410 e. The van der Waals surface area contributed by atoms with Gasteiger partial charge < -0.3 is 14.4 Å². The molecule has 0 bridgehead atoms. The van der Waals surface area contributed by atoms with Gasteiger partial charge in [-0.2, -0.15) is 0 Å². The summed E-state index contributed by atoms with van der Waals surface area (Å²) in [5.41, 5.74) is 2.42. The van der Waals surface area contributed by atoms with Gasteiger partial charge in [0.1, 0.15) is 5.60 Å². The molecular formula is C23H33NO4. The number of piperidine rings is 1. The van der Waals surface area contributed by atoms with Crippen molar-refractivity contribution in [2.45, 2.75) is 76.7 Å². The second kappa shape index (κ2) is 8.14. The summed E-state index contributed by atoms with van der Waals surface area (Å²) in [6, 6.07) is 8.64. The summed E-state index contributed by atoms with van der Waals surface area (Å²) in [5, 5.41) is 0. The minimum Gasteiger partial charge on any atom is -0.466 e. The van der Waals surface area contributed by atoms with Crippen LogP contribution in [0.2, 0.25) is 0 Å². The molecule has 1 amide bonds. The van der Waals surface area contributed by atoms with Crippen molar-refractivity contribution in [3.05, 3.63) is 35.4 Å². The maximum absolute atomic E-state index is 12.4. The summed E-state index contributed by atoms with van der Waals surface area (Å²) < 4.78 is 10.7. The van der Waals surface area contributed by atoms with Crippen LogP contribution in [0.4, 0.5) is 4.79 Å². The fraction of sp³-hybridized carbons (Fsp3) is 0.652. The van der Waals surface area contributed by atoms with Gasteiger partial charge in [0.15, 0.2) is 0 Å². The highest BCUT2D eigenvalue weighted by Gasteiger charge is 2.46. The molecule has 1 unspecified atom stereocenters. The number of ether oxygens (including phenoxy) is 2. The van der Waals surface area contributed by atoms with Crippen LogP contribution in [0.1, 0.15) is 76.8 Å². The van der Waals surface area contributed by atoms with Gasteiger partial charge in [0, 0.05) is 19.5 Å². The van der Waals surface area contributed by atoms with Gasteiger partial charge >= 0.3 is 12.1 Å². The summed E-state index contributed by atoms with van der Waals surface area (Å²) in [5.74, 6) is 0.273. The second-order valence-corrected chi connectivity index (χ2v) is 9.08. The number of likely N-dealkylation sites (tertiary alicyclic amines) is 1. The average Bonchev–Trinajstić information content (AvgIpc) is 2.93. The average molecular weight is 388 g/mol. The van der Waals surface area contributed by atoms with Gasteiger partial charge in [0.25, 0.3) is 0 Å².